The number of amides is 1. The minimum Gasteiger partial charge on any atom is -0.370 e. The summed E-state index contributed by atoms with van der Waals surface area (Å²) in [6, 6.07) is 9.50. The molecule has 1 aromatic carbocycles. The van der Waals surface area contributed by atoms with E-state index in [0.717, 1.165) is 36.1 Å². The van der Waals surface area contributed by atoms with Gasteiger partial charge in [-0.15, -0.1) is 0 Å². The zero-order chi connectivity index (χ0) is 20.1. The van der Waals surface area contributed by atoms with Crippen LogP contribution >= 0.6 is 0 Å². The van der Waals surface area contributed by atoms with Gasteiger partial charge in [0.2, 0.25) is 5.91 Å². The molecule has 0 aromatic heterocycles. The van der Waals surface area contributed by atoms with Crippen LogP contribution < -0.4 is 11.1 Å². The van der Waals surface area contributed by atoms with Gasteiger partial charge in [-0.25, -0.2) is 0 Å². The van der Waals surface area contributed by atoms with Gasteiger partial charge in [-0.2, -0.15) is 5.26 Å². The fourth-order valence-corrected chi connectivity index (χ4v) is 3.78. The number of aliphatic hydroxyl groups excluding tert-OH is 1. The summed E-state index contributed by atoms with van der Waals surface area (Å²) in [5.74, 6) is -0.219. The van der Waals surface area contributed by atoms with Crippen molar-refractivity contribution in [3.05, 3.63) is 53.7 Å². The Bertz CT molecular complexity index is 801. The van der Waals surface area contributed by atoms with Crippen molar-refractivity contribution < 1.29 is 9.90 Å². The van der Waals surface area contributed by atoms with Crippen molar-refractivity contribution in [3.8, 4) is 6.07 Å². The maximum absolute atomic E-state index is 12.4. The molecule has 0 radical (unpaired) electrons. The molecule has 6 nitrogen and oxygen atoms in total. The first kappa shape index (κ1) is 20.1. The first-order valence-corrected chi connectivity index (χ1v) is 9.88. The van der Waals surface area contributed by atoms with Crippen molar-refractivity contribution in [2.75, 3.05) is 6.54 Å². The fraction of sp³-hybridized carbons (Fsp3) is 0.455. The number of nitrogens with two attached hydrogens (primary N) is 1. The molecule has 4 N–H and O–H groups in total. The molecule has 3 rings (SSSR count). The molecule has 0 spiro atoms. The lowest BCUT2D eigenvalue weighted by Crippen LogP contribution is -2.54. The number of rotatable bonds is 6. The molecule has 148 valence electrons. The second-order valence-corrected chi connectivity index (χ2v) is 7.61. The topological polar surface area (TPSA) is 102 Å². The fourth-order valence-electron chi connectivity index (χ4n) is 3.78. The van der Waals surface area contributed by atoms with Crippen LogP contribution in [-0.2, 0) is 11.2 Å². The van der Waals surface area contributed by atoms with Gasteiger partial charge in [-0.05, 0) is 42.5 Å². The standard InChI is InChI=1S/C22H28N4O2/c1-2-26-15-18(9-10-20(26)27)17-7-5-16(6-8-17)13-19(14-23)25-21(28)22(24)11-3-4-12-22/h5-10,15,19-20,27H,2-4,11-13,24H2,1H3,(H,25,28). The highest BCUT2D eigenvalue weighted by molar-refractivity contribution is 5.86. The number of nitrogens with one attached hydrogen (secondary N) is 1. The number of allylic oxidation sites excluding steroid dienone is 2. The maximum atomic E-state index is 12.4. The summed E-state index contributed by atoms with van der Waals surface area (Å²) in [6.07, 6.45) is 8.74. The van der Waals surface area contributed by atoms with E-state index in [0.29, 0.717) is 19.3 Å². The summed E-state index contributed by atoms with van der Waals surface area (Å²) in [4.78, 5) is 14.3. The smallest absolute Gasteiger partial charge is 0.241 e. The first-order chi connectivity index (χ1) is 13.4. The first-order valence-electron chi connectivity index (χ1n) is 9.88. The third-order valence-corrected chi connectivity index (χ3v) is 5.59. The molecule has 28 heavy (non-hydrogen) atoms. The van der Waals surface area contributed by atoms with E-state index in [-0.39, 0.29) is 5.91 Å². The van der Waals surface area contributed by atoms with Gasteiger partial charge in [0.1, 0.15) is 12.3 Å². The van der Waals surface area contributed by atoms with Crippen LogP contribution in [0.1, 0.15) is 43.7 Å². The van der Waals surface area contributed by atoms with Crippen molar-refractivity contribution >= 4 is 11.5 Å². The van der Waals surface area contributed by atoms with E-state index >= 15 is 0 Å². The number of carbonyl (C=O) groups is 1. The van der Waals surface area contributed by atoms with Crippen LogP contribution in [0.5, 0.6) is 0 Å². The number of nitriles is 1. The predicted octanol–water partition coefficient (Wildman–Crippen LogP) is 2.06. The third kappa shape index (κ3) is 4.44. The quantitative estimate of drug-likeness (QED) is 0.701. The second-order valence-electron chi connectivity index (χ2n) is 7.61. The predicted molar refractivity (Wildman–Crippen MR) is 109 cm³/mol. The Balaban J connectivity index is 1.64. The summed E-state index contributed by atoms with van der Waals surface area (Å²) in [5, 5.41) is 22.2. The van der Waals surface area contributed by atoms with E-state index in [1.807, 2.05) is 48.4 Å². The minimum absolute atomic E-state index is 0.219. The number of hydrogen-bond donors (Lipinski definition) is 3. The Hall–Kier alpha value is -2.62. The van der Waals surface area contributed by atoms with E-state index in [4.69, 9.17) is 5.73 Å². The van der Waals surface area contributed by atoms with Crippen molar-refractivity contribution in [2.24, 2.45) is 5.73 Å². The lowest BCUT2D eigenvalue weighted by molar-refractivity contribution is -0.126. The van der Waals surface area contributed by atoms with Crippen molar-refractivity contribution in [2.45, 2.75) is 56.8 Å². The van der Waals surface area contributed by atoms with Crippen LogP contribution in [0, 0.1) is 11.3 Å². The molecule has 1 amide bonds. The Kier molecular flexibility index (Phi) is 6.18. The Morgan fingerprint density at radius 1 is 1.39 bits per heavy atom. The molecule has 1 aromatic rings. The SMILES string of the molecule is CCN1C=C(c2ccc(CC(C#N)NC(=O)C3(N)CCCC3)cc2)C=CC1O. The van der Waals surface area contributed by atoms with Gasteiger partial charge in [0, 0.05) is 19.2 Å². The molecule has 0 bridgehead atoms. The normalized spacial score (nSPS) is 21.7. The Labute approximate surface area is 166 Å². The van der Waals surface area contributed by atoms with Crippen molar-refractivity contribution in [1.82, 2.24) is 10.2 Å². The summed E-state index contributed by atoms with van der Waals surface area (Å²) in [7, 11) is 0. The van der Waals surface area contributed by atoms with Crippen LogP contribution in [0.15, 0.2) is 42.6 Å². The molecule has 2 unspecified atom stereocenters. The number of hydrogen-bond acceptors (Lipinski definition) is 5. The average Bonchev–Trinajstić information content (AvgIpc) is 3.16. The van der Waals surface area contributed by atoms with Gasteiger partial charge in [-0.1, -0.05) is 43.2 Å². The molecule has 2 atom stereocenters. The number of carbonyl (C=O) groups excluding carboxylic acids is 1. The number of aliphatic hydroxyl groups is 1. The van der Waals surface area contributed by atoms with E-state index in [1.165, 1.54) is 0 Å². The van der Waals surface area contributed by atoms with Crippen molar-refractivity contribution in [1.29, 1.82) is 5.26 Å². The molecule has 1 aliphatic carbocycles. The number of nitrogens with zero attached hydrogens (tertiary/aromatic N) is 2. The second kappa shape index (κ2) is 8.59. The number of likely N-dealkylation sites (N-methyl/N-ethyl adjacent to an activating group) is 1. The molecular formula is C22H28N4O2. The zero-order valence-corrected chi connectivity index (χ0v) is 16.3. The third-order valence-electron chi connectivity index (χ3n) is 5.59. The van der Waals surface area contributed by atoms with Gasteiger partial charge in [0.25, 0.3) is 0 Å². The molecule has 2 aliphatic rings. The van der Waals surface area contributed by atoms with Crippen molar-refractivity contribution in [3.63, 3.8) is 0 Å². The zero-order valence-electron chi connectivity index (χ0n) is 16.3. The molecule has 6 heteroatoms. The molecule has 1 heterocycles. The Morgan fingerprint density at radius 3 is 2.68 bits per heavy atom. The Morgan fingerprint density at radius 2 is 2.07 bits per heavy atom. The molecule has 1 fully saturated rings. The number of benzene rings is 1. The monoisotopic (exact) mass is 380 g/mol. The highest BCUT2D eigenvalue weighted by Gasteiger charge is 2.37. The molecule has 0 saturated heterocycles. The highest BCUT2D eigenvalue weighted by Crippen LogP contribution is 2.27. The lowest BCUT2D eigenvalue weighted by atomic mass is 9.96. The molecule has 1 aliphatic heterocycles. The van der Waals surface area contributed by atoms with E-state index in [1.54, 1.807) is 6.08 Å². The molecular weight excluding hydrogens is 352 g/mol. The molecule has 1 saturated carbocycles. The van der Waals surface area contributed by atoms with Crippen LogP contribution in [-0.4, -0.2) is 40.3 Å². The van der Waals surface area contributed by atoms with E-state index in [9.17, 15) is 15.2 Å². The van der Waals surface area contributed by atoms with Gasteiger partial charge < -0.3 is 21.1 Å². The van der Waals surface area contributed by atoms with Gasteiger partial charge in [0.15, 0.2) is 0 Å². The summed E-state index contributed by atoms with van der Waals surface area (Å²) in [6.45, 7) is 2.71. The van der Waals surface area contributed by atoms with Gasteiger partial charge in [-0.3, -0.25) is 4.79 Å². The highest BCUT2D eigenvalue weighted by atomic mass is 16.3. The maximum Gasteiger partial charge on any atom is 0.241 e. The summed E-state index contributed by atoms with van der Waals surface area (Å²) < 4.78 is 0. The van der Waals surface area contributed by atoms with Crippen LogP contribution in [0.25, 0.3) is 5.57 Å². The van der Waals surface area contributed by atoms with Crippen LogP contribution in [0.4, 0.5) is 0 Å². The van der Waals surface area contributed by atoms with Gasteiger partial charge in [0.05, 0.1) is 11.6 Å². The summed E-state index contributed by atoms with van der Waals surface area (Å²) in [5.41, 5.74) is 8.39. The van der Waals surface area contributed by atoms with E-state index < -0.39 is 17.8 Å². The van der Waals surface area contributed by atoms with Crippen LogP contribution in [0.3, 0.4) is 0 Å². The minimum atomic E-state index is -0.825. The summed E-state index contributed by atoms with van der Waals surface area (Å²) >= 11 is 0. The average molecular weight is 380 g/mol. The lowest BCUT2D eigenvalue weighted by Gasteiger charge is -2.27. The van der Waals surface area contributed by atoms with Gasteiger partial charge >= 0.3 is 0 Å². The van der Waals surface area contributed by atoms with Crippen LogP contribution in [0.2, 0.25) is 0 Å². The van der Waals surface area contributed by atoms with E-state index in [2.05, 4.69) is 11.4 Å². The largest absolute Gasteiger partial charge is 0.370 e.